The zero-order chi connectivity index (χ0) is 13.6. The first-order valence-corrected chi connectivity index (χ1v) is 7.25. The van der Waals surface area contributed by atoms with E-state index in [4.69, 9.17) is 5.73 Å². The number of rotatable bonds is 7. The molecule has 0 radical (unpaired) electrons. The normalized spacial score (nSPS) is 13.8. The molecular weight excluding hydrogens is 242 g/mol. The maximum atomic E-state index is 11.6. The minimum absolute atomic E-state index is 0.0196. The summed E-state index contributed by atoms with van der Waals surface area (Å²) in [7, 11) is -0.618. The first kappa shape index (κ1) is 16.3. The van der Waals surface area contributed by atoms with Crippen molar-refractivity contribution < 1.29 is 13.2 Å². The number of hydrogen-bond acceptors (Lipinski definition) is 4. The van der Waals surface area contributed by atoms with Crippen molar-refractivity contribution in [3.8, 4) is 0 Å². The van der Waals surface area contributed by atoms with E-state index >= 15 is 0 Å². The number of nitrogens with zero attached hydrogens (tertiary/aromatic N) is 1. The first-order valence-electron chi connectivity index (χ1n) is 5.60. The van der Waals surface area contributed by atoms with Gasteiger partial charge in [-0.05, 0) is 19.4 Å². The largest absolute Gasteiger partial charge is 0.345 e. The molecule has 0 rings (SSSR count). The Morgan fingerprint density at radius 2 is 1.94 bits per heavy atom. The topological polar surface area (TPSA) is 92.5 Å². The highest BCUT2D eigenvalue weighted by Crippen LogP contribution is 2.04. The van der Waals surface area contributed by atoms with Gasteiger partial charge in [-0.1, -0.05) is 13.8 Å². The number of sulfonamides is 1. The van der Waals surface area contributed by atoms with Crippen molar-refractivity contribution in [2.75, 3.05) is 26.4 Å². The van der Waals surface area contributed by atoms with E-state index in [0.29, 0.717) is 18.9 Å². The zero-order valence-electron chi connectivity index (χ0n) is 10.9. The smallest absolute Gasteiger partial charge is 0.238 e. The van der Waals surface area contributed by atoms with Gasteiger partial charge in [-0.15, -0.1) is 0 Å². The van der Waals surface area contributed by atoms with E-state index in [2.05, 4.69) is 4.72 Å². The Bertz CT molecular complexity index is 341. The molecule has 0 spiro atoms. The molecule has 0 aromatic heterocycles. The lowest BCUT2D eigenvalue weighted by Gasteiger charge is -2.21. The maximum absolute atomic E-state index is 11.6. The average molecular weight is 265 g/mol. The number of hydrogen-bond donors (Lipinski definition) is 2. The fourth-order valence-corrected chi connectivity index (χ4v) is 1.84. The van der Waals surface area contributed by atoms with Crippen molar-refractivity contribution in [1.82, 2.24) is 9.62 Å². The lowest BCUT2D eigenvalue weighted by atomic mass is 10.0. The third-order valence-electron chi connectivity index (χ3n) is 2.70. The van der Waals surface area contributed by atoms with Crippen LogP contribution in [-0.4, -0.2) is 51.7 Å². The number of nitrogens with two attached hydrogens (primary N) is 1. The third-order valence-corrected chi connectivity index (χ3v) is 3.95. The van der Waals surface area contributed by atoms with Crippen LogP contribution in [0.1, 0.15) is 20.3 Å². The molecule has 0 aliphatic heterocycles. The molecule has 7 heteroatoms. The highest BCUT2D eigenvalue weighted by atomic mass is 32.2. The summed E-state index contributed by atoms with van der Waals surface area (Å²) in [5.41, 5.74) is 5.85. The van der Waals surface area contributed by atoms with Crippen LogP contribution in [0.15, 0.2) is 0 Å². The molecule has 0 bridgehead atoms. The number of carbonyl (C=O) groups excluding carboxylic acids is 1. The summed E-state index contributed by atoms with van der Waals surface area (Å²) >= 11 is 0. The first-order chi connectivity index (χ1) is 7.69. The van der Waals surface area contributed by atoms with Gasteiger partial charge in [-0.3, -0.25) is 4.79 Å². The molecule has 0 aliphatic carbocycles. The van der Waals surface area contributed by atoms with Crippen molar-refractivity contribution >= 4 is 15.9 Å². The fourth-order valence-electron chi connectivity index (χ4n) is 1.15. The van der Waals surface area contributed by atoms with Gasteiger partial charge in [0.1, 0.15) is 5.75 Å². The van der Waals surface area contributed by atoms with Crippen LogP contribution in [-0.2, 0) is 14.8 Å². The van der Waals surface area contributed by atoms with Gasteiger partial charge >= 0.3 is 0 Å². The molecule has 3 N–H and O–H groups in total. The van der Waals surface area contributed by atoms with Crippen LogP contribution in [0.4, 0.5) is 0 Å². The molecule has 0 aromatic carbocycles. The Labute approximate surface area is 104 Å². The molecule has 1 amide bonds. The summed E-state index contributed by atoms with van der Waals surface area (Å²) in [6, 6.07) is 0.0196. The predicted octanol–water partition coefficient (Wildman–Crippen LogP) is -0.633. The van der Waals surface area contributed by atoms with Crippen LogP contribution in [0.2, 0.25) is 0 Å². The highest BCUT2D eigenvalue weighted by Gasteiger charge is 2.18. The highest BCUT2D eigenvalue weighted by molar-refractivity contribution is 7.90. The SMILES string of the molecule is CNS(=O)(=O)CC(=O)N(C)CCC(N)C(C)C. The summed E-state index contributed by atoms with van der Waals surface area (Å²) in [5, 5.41) is 0. The quantitative estimate of drug-likeness (QED) is 0.641. The summed E-state index contributed by atoms with van der Waals surface area (Å²) in [6.45, 7) is 4.49. The summed E-state index contributed by atoms with van der Waals surface area (Å²) < 4.78 is 24.5. The average Bonchev–Trinajstić information content (AvgIpc) is 2.24. The summed E-state index contributed by atoms with van der Waals surface area (Å²) in [4.78, 5) is 13.0. The van der Waals surface area contributed by atoms with Crippen molar-refractivity contribution in [1.29, 1.82) is 0 Å². The Morgan fingerprint density at radius 1 is 1.41 bits per heavy atom. The van der Waals surface area contributed by atoms with E-state index in [1.807, 2.05) is 13.8 Å². The second-order valence-corrected chi connectivity index (χ2v) is 6.40. The Balaban J connectivity index is 4.16. The molecular formula is C10H23N3O3S. The van der Waals surface area contributed by atoms with Crippen LogP contribution in [0, 0.1) is 5.92 Å². The van der Waals surface area contributed by atoms with Crippen molar-refractivity contribution in [2.45, 2.75) is 26.3 Å². The van der Waals surface area contributed by atoms with Gasteiger partial charge < -0.3 is 10.6 Å². The standard InChI is InChI=1S/C10H23N3O3S/c1-8(2)9(11)5-6-13(4)10(14)7-17(15,16)12-3/h8-9,12H,5-7,11H2,1-4H3. The van der Waals surface area contributed by atoms with E-state index in [1.54, 1.807) is 7.05 Å². The van der Waals surface area contributed by atoms with Gasteiger partial charge in [0.2, 0.25) is 15.9 Å². The van der Waals surface area contributed by atoms with Crippen molar-refractivity contribution in [3.05, 3.63) is 0 Å². The maximum Gasteiger partial charge on any atom is 0.238 e. The van der Waals surface area contributed by atoms with E-state index in [1.165, 1.54) is 11.9 Å². The molecule has 0 saturated heterocycles. The van der Waals surface area contributed by atoms with Crippen LogP contribution in [0.5, 0.6) is 0 Å². The van der Waals surface area contributed by atoms with Crippen LogP contribution in [0.25, 0.3) is 0 Å². The second-order valence-electron chi connectivity index (χ2n) is 4.48. The lowest BCUT2D eigenvalue weighted by molar-refractivity contribution is -0.127. The Kier molecular flexibility index (Phi) is 6.66. The second kappa shape index (κ2) is 6.93. The van der Waals surface area contributed by atoms with Crippen LogP contribution < -0.4 is 10.5 Å². The number of carbonyl (C=O) groups is 1. The predicted molar refractivity (Wildman–Crippen MR) is 67.9 cm³/mol. The van der Waals surface area contributed by atoms with E-state index in [-0.39, 0.29) is 6.04 Å². The summed E-state index contributed by atoms with van der Waals surface area (Å²) in [5.74, 6) is -0.591. The van der Waals surface area contributed by atoms with E-state index in [9.17, 15) is 13.2 Å². The lowest BCUT2D eigenvalue weighted by Crippen LogP contribution is -2.39. The molecule has 0 aromatic rings. The van der Waals surface area contributed by atoms with Gasteiger partial charge in [-0.25, -0.2) is 13.1 Å². The van der Waals surface area contributed by atoms with Gasteiger partial charge in [-0.2, -0.15) is 0 Å². The number of amides is 1. The molecule has 17 heavy (non-hydrogen) atoms. The van der Waals surface area contributed by atoms with Gasteiger partial charge in [0.25, 0.3) is 0 Å². The zero-order valence-corrected chi connectivity index (χ0v) is 11.8. The molecule has 0 fully saturated rings. The van der Waals surface area contributed by atoms with E-state index in [0.717, 1.165) is 0 Å². The monoisotopic (exact) mass is 265 g/mol. The molecule has 0 saturated carbocycles. The number of nitrogens with one attached hydrogen (secondary N) is 1. The van der Waals surface area contributed by atoms with Crippen LogP contribution >= 0.6 is 0 Å². The Hall–Kier alpha value is -0.660. The fraction of sp³-hybridized carbons (Fsp3) is 0.900. The van der Waals surface area contributed by atoms with Gasteiger partial charge in [0.15, 0.2) is 0 Å². The minimum atomic E-state index is -3.49. The molecule has 102 valence electrons. The van der Waals surface area contributed by atoms with Gasteiger partial charge in [0.05, 0.1) is 0 Å². The van der Waals surface area contributed by atoms with Crippen LogP contribution in [0.3, 0.4) is 0 Å². The molecule has 0 heterocycles. The molecule has 0 aliphatic rings. The Morgan fingerprint density at radius 3 is 2.35 bits per heavy atom. The van der Waals surface area contributed by atoms with Crippen molar-refractivity contribution in [3.63, 3.8) is 0 Å². The molecule has 6 nitrogen and oxygen atoms in total. The molecule has 1 unspecified atom stereocenters. The summed E-state index contributed by atoms with van der Waals surface area (Å²) in [6.07, 6.45) is 0.666. The van der Waals surface area contributed by atoms with E-state index < -0.39 is 21.7 Å². The van der Waals surface area contributed by atoms with Gasteiger partial charge in [0, 0.05) is 19.6 Å². The third kappa shape index (κ3) is 6.60. The van der Waals surface area contributed by atoms with Crippen molar-refractivity contribution in [2.24, 2.45) is 11.7 Å². The minimum Gasteiger partial charge on any atom is -0.345 e. The molecule has 1 atom stereocenters.